The zero-order valence-corrected chi connectivity index (χ0v) is 12.3. The second kappa shape index (κ2) is 6.11. The van der Waals surface area contributed by atoms with Crippen LogP contribution in [-0.2, 0) is 6.18 Å². The van der Waals surface area contributed by atoms with Crippen molar-refractivity contribution in [2.75, 3.05) is 6.54 Å². The van der Waals surface area contributed by atoms with Gasteiger partial charge in [-0.1, -0.05) is 19.1 Å². The number of alkyl halides is 3. The Morgan fingerprint density at radius 1 is 1.33 bits per heavy atom. The molecule has 2 aromatic rings. The zero-order chi connectivity index (χ0) is 15.6. The summed E-state index contributed by atoms with van der Waals surface area (Å²) in [6.07, 6.45) is -3.27. The summed E-state index contributed by atoms with van der Waals surface area (Å²) in [5.41, 5.74) is 1.08. The Bertz CT molecular complexity index is 622. The van der Waals surface area contributed by atoms with E-state index < -0.39 is 17.2 Å². The summed E-state index contributed by atoms with van der Waals surface area (Å²) in [7, 11) is 0. The first-order valence-corrected chi connectivity index (χ1v) is 7.17. The lowest BCUT2D eigenvalue weighted by atomic mass is 10.0. The smallest absolute Gasteiger partial charge is 0.306 e. The third-order valence-electron chi connectivity index (χ3n) is 2.99. The van der Waals surface area contributed by atoms with E-state index in [1.807, 2.05) is 6.92 Å². The molecule has 1 unspecified atom stereocenters. The van der Waals surface area contributed by atoms with E-state index in [1.165, 1.54) is 12.3 Å². The summed E-state index contributed by atoms with van der Waals surface area (Å²) < 4.78 is 51.6. The van der Waals surface area contributed by atoms with Crippen molar-refractivity contribution < 1.29 is 17.6 Å². The number of nitrogens with one attached hydrogen (secondary N) is 1. The first-order valence-electron chi connectivity index (χ1n) is 6.35. The molecule has 0 aliphatic carbocycles. The Kier molecular flexibility index (Phi) is 4.63. The summed E-state index contributed by atoms with van der Waals surface area (Å²) in [4.78, 5) is 3.83. The molecule has 1 aromatic heterocycles. The van der Waals surface area contributed by atoms with E-state index in [9.17, 15) is 17.6 Å². The maximum Gasteiger partial charge on any atom is 0.443 e. The molecule has 0 bridgehead atoms. The molecule has 1 heterocycles. The van der Waals surface area contributed by atoms with Gasteiger partial charge in [0.1, 0.15) is 5.82 Å². The van der Waals surface area contributed by atoms with Crippen LogP contribution in [0.5, 0.6) is 0 Å². The van der Waals surface area contributed by atoms with Gasteiger partial charge in [0.2, 0.25) is 0 Å². The number of hydrogen-bond acceptors (Lipinski definition) is 3. The lowest BCUT2D eigenvalue weighted by Gasteiger charge is -2.17. The molecule has 0 saturated heterocycles. The van der Waals surface area contributed by atoms with Gasteiger partial charge < -0.3 is 5.32 Å². The van der Waals surface area contributed by atoms with Crippen molar-refractivity contribution in [1.29, 1.82) is 0 Å². The normalized spacial score (nSPS) is 13.4. The van der Waals surface area contributed by atoms with Crippen molar-refractivity contribution in [3.8, 4) is 0 Å². The highest BCUT2D eigenvalue weighted by atomic mass is 32.1. The molecule has 0 amide bonds. The van der Waals surface area contributed by atoms with Crippen molar-refractivity contribution in [3.63, 3.8) is 0 Å². The fraction of sp³-hybridized carbons (Fsp3) is 0.357. The highest BCUT2D eigenvalue weighted by Crippen LogP contribution is 2.36. The van der Waals surface area contributed by atoms with Crippen molar-refractivity contribution in [1.82, 2.24) is 10.3 Å². The third-order valence-corrected chi connectivity index (χ3v) is 4.10. The lowest BCUT2D eigenvalue weighted by Crippen LogP contribution is -2.21. The van der Waals surface area contributed by atoms with Crippen LogP contribution in [0.25, 0.3) is 0 Å². The van der Waals surface area contributed by atoms with Crippen LogP contribution >= 0.6 is 11.3 Å². The fourth-order valence-corrected chi connectivity index (χ4v) is 2.81. The number of nitrogens with zero attached hydrogens (tertiary/aromatic N) is 1. The van der Waals surface area contributed by atoms with E-state index in [0.717, 1.165) is 0 Å². The van der Waals surface area contributed by atoms with E-state index in [-0.39, 0.29) is 5.82 Å². The van der Waals surface area contributed by atoms with Crippen molar-refractivity contribution in [2.45, 2.75) is 26.1 Å². The van der Waals surface area contributed by atoms with Gasteiger partial charge in [-0.3, -0.25) is 0 Å². The minimum Gasteiger partial charge on any atom is -0.306 e. The van der Waals surface area contributed by atoms with Gasteiger partial charge in [-0.15, -0.1) is 11.3 Å². The molecular formula is C14H14F4N2S. The molecule has 0 aliphatic heterocycles. The fourth-order valence-electron chi connectivity index (χ4n) is 1.93. The molecule has 1 atom stereocenters. The third kappa shape index (κ3) is 3.59. The molecule has 0 fully saturated rings. The zero-order valence-electron chi connectivity index (χ0n) is 11.5. The molecule has 2 rings (SSSR count). The molecule has 7 heteroatoms. The number of aromatic nitrogens is 1. The lowest BCUT2D eigenvalue weighted by molar-refractivity contribution is -0.137. The minimum atomic E-state index is -4.46. The SMILES string of the molecule is CCNC(c1ccc(C)c(F)c1)c1cnc(C(F)(F)F)s1. The van der Waals surface area contributed by atoms with Crippen molar-refractivity contribution in [2.24, 2.45) is 0 Å². The van der Waals surface area contributed by atoms with Crippen LogP contribution in [-0.4, -0.2) is 11.5 Å². The maximum absolute atomic E-state index is 13.7. The van der Waals surface area contributed by atoms with E-state index in [2.05, 4.69) is 10.3 Å². The van der Waals surface area contributed by atoms with Crippen LogP contribution in [0.4, 0.5) is 17.6 Å². The molecule has 114 valence electrons. The summed E-state index contributed by atoms with van der Waals surface area (Å²) in [6, 6.07) is 4.16. The van der Waals surface area contributed by atoms with Crippen LogP contribution in [0.3, 0.4) is 0 Å². The average molecular weight is 318 g/mol. The number of hydrogen-bond donors (Lipinski definition) is 1. The van der Waals surface area contributed by atoms with Gasteiger partial charge in [-0.25, -0.2) is 9.37 Å². The predicted octanol–water partition coefficient (Wildman–Crippen LogP) is 4.31. The molecule has 21 heavy (non-hydrogen) atoms. The summed E-state index contributed by atoms with van der Waals surface area (Å²) in [6.45, 7) is 4.01. The van der Waals surface area contributed by atoms with E-state index in [0.29, 0.717) is 33.9 Å². The largest absolute Gasteiger partial charge is 0.443 e. The number of aryl methyl sites for hydroxylation is 1. The summed E-state index contributed by atoms with van der Waals surface area (Å²) in [5, 5.41) is 2.17. The number of thiazole rings is 1. The van der Waals surface area contributed by atoms with E-state index in [1.54, 1.807) is 19.1 Å². The Hall–Kier alpha value is -1.47. The number of benzene rings is 1. The Labute approximate surface area is 123 Å². The Morgan fingerprint density at radius 3 is 2.57 bits per heavy atom. The van der Waals surface area contributed by atoms with Crippen molar-refractivity contribution >= 4 is 11.3 Å². The molecule has 1 N–H and O–H groups in total. The number of rotatable bonds is 4. The monoisotopic (exact) mass is 318 g/mol. The van der Waals surface area contributed by atoms with Gasteiger partial charge in [-0.05, 0) is 30.7 Å². The number of halogens is 4. The maximum atomic E-state index is 13.7. The molecule has 1 aromatic carbocycles. The topological polar surface area (TPSA) is 24.9 Å². The van der Waals surface area contributed by atoms with Gasteiger partial charge in [0.25, 0.3) is 0 Å². The second-order valence-electron chi connectivity index (χ2n) is 4.56. The Morgan fingerprint density at radius 2 is 2.05 bits per heavy atom. The average Bonchev–Trinajstić information content (AvgIpc) is 2.89. The quantitative estimate of drug-likeness (QED) is 0.850. The molecule has 2 nitrogen and oxygen atoms in total. The summed E-state index contributed by atoms with van der Waals surface area (Å²) in [5.74, 6) is -0.379. The molecule has 0 spiro atoms. The van der Waals surface area contributed by atoms with Crippen molar-refractivity contribution in [3.05, 3.63) is 51.2 Å². The van der Waals surface area contributed by atoms with Crippen LogP contribution in [0.2, 0.25) is 0 Å². The highest BCUT2D eigenvalue weighted by molar-refractivity contribution is 7.11. The van der Waals surface area contributed by atoms with Gasteiger partial charge in [0, 0.05) is 11.1 Å². The standard InChI is InChI=1S/C14H14F4N2S/c1-3-19-12(9-5-4-8(2)10(15)6-9)11-7-20-13(21-11)14(16,17)18/h4-7,12,19H,3H2,1-2H3. The van der Waals surface area contributed by atoms with Crippen LogP contribution in [0, 0.1) is 12.7 Å². The van der Waals surface area contributed by atoms with E-state index in [4.69, 9.17) is 0 Å². The van der Waals surface area contributed by atoms with E-state index >= 15 is 0 Å². The van der Waals surface area contributed by atoms with Gasteiger partial charge >= 0.3 is 6.18 Å². The van der Waals surface area contributed by atoms with Gasteiger partial charge in [0.05, 0.1) is 6.04 Å². The molecule has 0 aliphatic rings. The summed E-state index contributed by atoms with van der Waals surface area (Å²) >= 11 is 0.572. The first-order chi connectivity index (χ1) is 9.82. The van der Waals surface area contributed by atoms with Gasteiger partial charge in [0.15, 0.2) is 5.01 Å². The molecule has 0 radical (unpaired) electrons. The molecule has 0 saturated carbocycles. The van der Waals surface area contributed by atoms with Crippen LogP contribution in [0.1, 0.15) is 34.0 Å². The minimum absolute atomic E-state index is 0.379. The Balaban J connectivity index is 2.38. The van der Waals surface area contributed by atoms with Crippen LogP contribution < -0.4 is 5.32 Å². The first kappa shape index (κ1) is 15.9. The predicted molar refractivity (Wildman–Crippen MR) is 73.8 cm³/mol. The second-order valence-corrected chi connectivity index (χ2v) is 5.63. The van der Waals surface area contributed by atoms with Crippen LogP contribution in [0.15, 0.2) is 24.4 Å². The highest BCUT2D eigenvalue weighted by Gasteiger charge is 2.35. The van der Waals surface area contributed by atoms with Gasteiger partial charge in [-0.2, -0.15) is 13.2 Å². The molecular weight excluding hydrogens is 304 g/mol.